The fourth-order valence-corrected chi connectivity index (χ4v) is 3.54. The standard InChI is InChI=1S/C21H21N3O3S/c1-3-15-24(16-18-7-5-17(2)6-8-18)21(25)19-9-11-20(12-10-19)28(26,27)23-14-4-13-22/h1,5-12,23H,4,14-16H2,2H3. The highest BCUT2D eigenvalue weighted by Crippen LogP contribution is 2.14. The second kappa shape index (κ2) is 9.70. The molecule has 7 heteroatoms. The van der Waals surface area contributed by atoms with Gasteiger partial charge in [-0.2, -0.15) is 5.26 Å². The molecule has 0 aliphatic rings. The summed E-state index contributed by atoms with van der Waals surface area (Å²) in [6.45, 7) is 2.52. The van der Waals surface area contributed by atoms with Crippen LogP contribution >= 0.6 is 0 Å². The third kappa shape index (κ3) is 5.68. The maximum Gasteiger partial charge on any atom is 0.254 e. The van der Waals surface area contributed by atoms with Crippen LogP contribution in [0.3, 0.4) is 0 Å². The number of sulfonamides is 1. The van der Waals surface area contributed by atoms with Crippen molar-refractivity contribution < 1.29 is 13.2 Å². The van der Waals surface area contributed by atoms with Gasteiger partial charge in [0.25, 0.3) is 5.91 Å². The first-order chi connectivity index (χ1) is 13.4. The molecule has 2 rings (SSSR count). The molecule has 0 aliphatic carbocycles. The second-order valence-corrected chi connectivity index (χ2v) is 7.95. The van der Waals surface area contributed by atoms with Crippen molar-refractivity contribution in [2.24, 2.45) is 0 Å². The van der Waals surface area contributed by atoms with E-state index in [4.69, 9.17) is 11.7 Å². The normalized spacial score (nSPS) is 10.7. The van der Waals surface area contributed by atoms with Gasteiger partial charge in [-0.25, -0.2) is 13.1 Å². The Morgan fingerprint density at radius 2 is 1.79 bits per heavy atom. The smallest absolute Gasteiger partial charge is 0.254 e. The monoisotopic (exact) mass is 395 g/mol. The van der Waals surface area contributed by atoms with E-state index in [0.717, 1.165) is 11.1 Å². The number of carbonyl (C=O) groups excluding carboxylic acids is 1. The SMILES string of the molecule is C#CCN(Cc1ccc(C)cc1)C(=O)c1ccc(S(=O)(=O)NCCC#N)cc1. The van der Waals surface area contributed by atoms with E-state index in [1.165, 1.54) is 29.2 Å². The number of terminal acetylenes is 1. The van der Waals surface area contributed by atoms with Crippen molar-refractivity contribution in [3.05, 3.63) is 65.2 Å². The van der Waals surface area contributed by atoms with Crippen LogP contribution in [-0.4, -0.2) is 32.3 Å². The lowest BCUT2D eigenvalue weighted by Crippen LogP contribution is -2.31. The molecule has 0 radical (unpaired) electrons. The molecule has 0 unspecified atom stereocenters. The lowest BCUT2D eigenvalue weighted by molar-refractivity contribution is 0.0765. The molecule has 0 aliphatic heterocycles. The number of rotatable bonds is 8. The van der Waals surface area contributed by atoms with Crippen LogP contribution in [0.5, 0.6) is 0 Å². The Bertz CT molecular complexity index is 999. The van der Waals surface area contributed by atoms with E-state index in [1.54, 1.807) is 0 Å². The molecule has 6 nitrogen and oxygen atoms in total. The van der Waals surface area contributed by atoms with Crippen LogP contribution in [0.25, 0.3) is 0 Å². The van der Waals surface area contributed by atoms with Gasteiger partial charge in [0.2, 0.25) is 10.0 Å². The molecule has 0 spiro atoms. The number of hydrogen-bond acceptors (Lipinski definition) is 4. The molecule has 28 heavy (non-hydrogen) atoms. The maximum absolute atomic E-state index is 12.8. The molecule has 2 aromatic carbocycles. The van der Waals surface area contributed by atoms with Crippen molar-refractivity contribution in [2.45, 2.75) is 24.8 Å². The Morgan fingerprint density at radius 1 is 1.14 bits per heavy atom. The van der Waals surface area contributed by atoms with Crippen LogP contribution in [0.2, 0.25) is 0 Å². The summed E-state index contributed by atoms with van der Waals surface area (Å²) in [5, 5.41) is 8.51. The van der Waals surface area contributed by atoms with Crippen LogP contribution in [0.15, 0.2) is 53.4 Å². The second-order valence-electron chi connectivity index (χ2n) is 6.18. The lowest BCUT2D eigenvalue weighted by atomic mass is 10.1. The zero-order valence-electron chi connectivity index (χ0n) is 15.6. The zero-order valence-corrected chi connectivity index (χ0v) is 16.4. The molecule has 1 amide bonds. The zero-order chi connectivity index (χ0) is 20.6. The fraction of sp³-hybridized carbons (Fsp3) is 0.238. The maximum atomic E-state index is 12.8. The topological polar surface area (TPSA) is 90.3 Å². The molecule has 2 aromatic rings. The molecule has 0 heterocycles. The summed E-state index contributed by atoms with van der Waals surface area (Å²) in [6, 6.07) is 15.3. The number of carbonyl (C=O) groups is 1. The van der Waals surface area contributed by atoms with Crippen LogP contribution in [0.4, 0.5) is 0 Å². The van der Waals surface area contributed by atoms with E-state index < -0.39 is 10.0 Å². The number of nitriles is 1. The first kappa shape index (κ1) is 21.2. The molecule has 0 aromatic heterocycles. The fourth-order valence-electron chi connectivity index (χ4n) is 2.51. The van der Waals surface area contributed by atoms with Crippen molar-refractivity contribution in [1.82, 2.24) is 9.62 Å². The number of aryl methyl sites for hydroxylation is 1. The van der Waals surface area contributed by atoms with Gasteiger partial charge in [-0.1, -0.05) is 35.7 Å². The van der Waals surface area contributed by atoms with Gasteiger partial charge in [0.05, 0.1) is 17.5 Å². The minimum absolute atomic E-state index is 0.0315. The van der Waals surface area contributed by atoms with Gasteiger partial charge in [0.1, 0.15) is 0 Å². The predicted molar refractivity (Wildman–Crippen MR) is 107 cm³/mol. The van der Waals surface area contributed by atoms with Crippen LogP contribution < -0.4 is 4.72 Å². The van der Waals surface area contributed by atoms with Gasteiger partial charge >= 0.3 is 0 Å². The molecule has 0 saturated heterocycles. The third-order valence-corrected chi connectivity index (χ3v) is 5.48. The van der Waals surface area contributed by atoms with Crippen LogP contribution in [-0.2, 0) is 16.6 Å². The molecule has 0 saturated carbocycles. The largest absolute Gasteiger partial charge is 0.323 e. The highest BCUT2D eigenvalue weighted by Gasteiger charge is 2.18. The van der Waals surface area contributed by atoms with Gasteiger partial charge in [0, 0.05) is 25.1 Å². The molecule has 0 atom stereocenters. The highest BCUT2D eigenvalue weighted by atomic mass is 32.2. The Morgan fingerprint density at radius 3 is 2.36 bits per heavy atom. The summed E-state index contributed by atoms with van der Waals surface area (Å²) in [5.74, 6) is 2.21. The quantitative estimate of drug-likeness (QED) is 0.549. The summed E-state index contributed by atoms with van der Waals surface area (Å²) in [6.07, 6.45) is 5.49. The molecular formula is C21H21N3O3S. The van der Waals surface area contributed by atoms with Crippen molar-refractivity contribution in [3.63, 3.8) is 0 Å². The van der Waals surface area contributed by atoms with E-state index in [2.05, 4.69) is 10.6 Å². The van der Waals surface area contributed by atoms with E-state index in [9.17, 15) is 13.2 Å². The van der Waals surface area contributed by atoms with E-state index >= 15 is 0 Å². The molecular weight excluding hydrogens is 374 g/mol. The van der Waals surface area contributed by atoms with Gasteiger partial charge in [-0.15, -0.1) is 6.42 Å². The molecule has 0 bridgehead atoms. The van der Waals surface area contributed by atoms with Gasteiger partial charge in [-0.05, 0) is 36.8 Å². The first-order valence-corrected chi connectivity index (χ1v) is 10.1. The first-order valence-electron chi connectivity index (χ1n) is 8.62. The van der Waals surface area contributed by atoms with Crippen molar-refractivity contribution >= 4 is 15.9 Å². The predicted octanol–water partition coefficient (Wildman–Crippen LogP) is 2.46. The average Bonchev–Trinajstić information content (AvgIpc) is 2.69. The van der Waals surface area contributed by atoms with Crippen molar-refractivity contribution in [3.8, 4) is 18.4 Å². The Hall–Kier alpha value is -3.13. The lowest BCUT2D eigenvalue weighted by Gasteiger charge is -2.21. The minimum atomic E-state index is -3.72. The van der Waals surface area contributed by atoms with Gasteiger partial charge in [-0.3, -0.25) is 4.79 Å². The van der Waals surface area contributed by atoms with E-state index in [0.29, 0.717) is 12.1 Å². The molecule has 144 valence electrons. The molecule has 1 N–H and O–H groups in total. The number of amides is 1. The Balaban J connectivity index is 2.15. The number of hydrogen-bond donors (Lipinski definition) is 1. The van der Waals surface area contributed by atoms with Crippen molar-refractivity contribution in [2.75, 3.05) is 13.1 Å². The van der Waals surface area contributed by atoms with Crippen LogP contribution in [0.1, 0.15) is 27.9 Å². The van der Waals surface area contributed by atoms with E-state index in [-0.39, 0.29) is 30.3 Å². The van der Waals surface area contributed by atoms with Crippen molar-refractivity contribution in [1.29, 1.82) is 5.26 Å². The van der Waals surface area contributed by atoms with Gasteiger partial charge < -0.3 is 4.90 Å². The molecule has 0 fully saturated rings. The van der Waals surface area contributed by atoms with Gasteiger partial charge in [0.15, 0.2) is 0 Å². The summed E-state index contributed by atoms with van der Waals surface area (Å²) in [5.41, 5.74) is 2.42. The van der Waals surface area contributed by atoms with Crippen LogP contribution in [0, 0.1) is 30.6 Å². The number of nitrogens with zero attached hydrogens (tertiary/aromatic N) is 2. The Kier molecular flexibility index (Phi) is 7.34. The number of nitrogens with one attached hydrogen (secondary N) is 1. The summed E-state index contributed by atoms with van der Waals surface area (Å²) >= 11 is 0. The average molecular weight is 395 g/mol. The minimum Gasteiger partial charge on any atom is -0.323 e. The Labute approximate surface area is 165 Å². The highest BCUT2D eigenvalue weighted by molar-refractivity contribution is 7.89. The van der Waals surface area contributed by atoms with E-state index in [1.807, 2.05) is 37.3 Å². The number of benzene rings is 2. The summed E-state index contributed by atoms with van der Waals surface area (Å²) in [7, 11) is -3.72. The third-order valence-electron chi connectivity index (χ3n) is 4.00. The summed E-state index contributed by atoms with van der Waals surface area (Å²) in [4.78, 5) is 14.4. The summed E-state index contributed by atoms with van der Waals surface area (Å²) < 4.78 is 26.6.